The molecule has 5 heteroatoms. The van der Waals surface area contributed by atoms with E-state index in [1.807, 2.05) is 57.2 Å². The van der Waals surface area contributed by atoms with Crippen molar-refractivity contribution in [2.24, 2.45) is 0 Å². The fourth-order valence-corrected chi connectivity index (χ4v) is 3.73. The monoisotopic (exact) mass is 422 g/mol. The Morgan fingerprint density at radius 3 is 2.43 bits per heavy atom. The third-order valence-electron chi connectivity index (χ3n) is 5.03. The number of ether oxygens (including phenoxy) is 1. The Morgan fingerprint density at radius 2 is 1.73 bits per heavy atom. The quantitative estimate of drug-likeness (QED) is 0.365. The zero-order valence-corrected chi connectivity index (χ0v) is 17.6. The fraction of sp³-hybridized carbons (Fsp3) is 0.160. The zero-order chi connectivity index (χ0) is 21.4. The summed E-state index contributed by atoms with van der Waals surface area (Å²) in [7, 11) is 0. The van der Waals surface area contributed by atoms with Gasteiger partial charge in [-0.05, 0) is 50.1 Å². The highest BCUT2D eigenvalue weighted by molar-refractivity contribution is 6.31. The first kappa shape index (κ1) is 20.2. The largest absolute Gasteiger partial charge is 0.481 e. The van der Waals surface area contributed by atoms with Crippen molar-refractivity contribution in [1.29, 1.82) is 0 Å². The smallest absolute Gasteiger partial charge is 0.235 e. The lowest BCUT2D eigenvalue weighted by Gasteiger charge is -2.14. The second kappa shape index (κ2) is 7.96. The molecule has 0 spiro atoms. The van der Waals surface area contributed by atoms with E-state index in [1.165, 1.54) is 12.1 Å². The minimum Gasteiger partial charge on any atom is -0.481 e. The molecule has 0 radical (unpaired) electrons. The molecule has 0 unspecified atom stereocenters. The average Bonchev–Trinajstić information content (AvgIpc) is 2.68. The van der Waals surface area contributed by atoms with Crippen LogP contribution in [-0.4, -0.2) is 0 Å². The van der Waals surface area contributed by atoms with Gasteiger partial charge in [0.1, 0.15) is 18.0 Å². The van der Waals surface area contributed by atoms with E-state index in [1.54, 1.807) is 6.07 Å². The molecular formula is C25H20ClFO3. The molecule has 0 amide bonds. The van der Waals surface area contributed by atoms with E-state index in [4.69, 9.17) is 20.8 Å². The minimum atomic E-state index is -0.489. The number of aryl methyl sites for hydroxylation is 3. The Morgan fingerprint density at radius 1 is 1.00 bits per heavy atom. The summed E-state index contributed by atoms with van der Waals surface area (Å²) < 4.78 is 26.2. The third-order valence-corrected chi connectivity index (χ3v) is 5.39. The first-order valence-electron chi connectivity index (χ1n) is 9.56. The Balaban J connectivity index is 1.91. The molecule has 0 aliphatic heterocycles. The lowest BCUT2D eigenvalue weighted by atomic mass is 10.0. The van der Waals surface area contributed by atoms with E-state index >= 15 is 0 Å². The first-order chi connectivity index (χ1) is 14.3. The molecule has 0 N–H and O–H groups in total. The van der Waals surface area contributed by atoms with Crippen LogP contribution in [0.2, 0.25) is 5.02 Å². The van der Waals surface area contributed by atoms with E-state index in [2.05, 4.69) is 0 Å². The summed E-state index contributed by atoms with van der Waals surface area (Å²) >= 11 is 6.13. The molecular weight excluding hydrogens is 403 g/mol. The predicted octanol–water partition coefficient (Wildman–Crippen LogP) is 6.76. The Kier molecular flexibility index (Phi) is 5.35. The van der Waals surface area contributed by atoms with Crippen LogP contribution in [0, 0.1) is 26.6 Å². The van der Waals surface area contributed by atoms with Gasteiger partial charge < -0.3 is 9.15 Å². The molecule has 1 aromatic heterocycles. The van der Waals surface area contributed by atoms with Gasteiger partial charge in [-0.3, -0.25) is 4.79 Å². The average molecular weight is 423 g/mol. The van der Waals surface area contributed by atoms with E-state index in [-0.39, 0.29) is 28.4 Å². The summed E-state index contributed by atoms with van der Waals surface area (Å²) in [6.07, 6.45) is 0. The Hall–Kier alpha value is -3.11. The number of hydrogen-bond acceptors (Lipinski definition) is 3. The van der Waals surface area contributed by atoms with Gasteiger partial charge >= 0.3 is 0 Å². The minimum absolute atomic E-state index is 0.0395. The maximum absolute atomic E-state index is 14.2. The highest BCUT2D eigenvalue weighted by Gasteiger charge is 2.20. The standard InChI is InChI=1S/C25H20ClFO3/c1-14-7-9-17(10-8-14)24-25(29-13-18-19(26)5-4-6-20(18)27)23(28)22-16(3)11-15(2)12-21(22)30-24/h4-12H,13H2,1-3H3. The molecule has 1 heterocycles. The molecule has 0 aliphatic rings. The number of benzene rings is 3. The van der Waals surface area contributed by atoms with Crippen molar-refractivity contribution in [1.82, 2.24) is 0 Å². The van der Waals surface area contributed by atoms with Crippen molar-refractivity contribution >= 4 is 22.6 Å². The first-order valence-corrected chi connectivity index (χ1v) is 9.93. The summed E-state index contributed by atoms with van der Waals surface area (Å²) in [6.45, 7) is 5.59. The zero-order valence-electron chi connectivity index (χ0n) is 16.9. The maximum atomic E-state index is 14.2. The van der Waals surface area contributed by atoms with Crippen LogP contribution < -0.4 is 10.2 Å². The molecule has 3 aromatic carbocycles. The van der Waals surface area contributed by atoms with Crippen LogP contribution in [0.25, 0.3) is 22.3 Å². The van der Waals surface area contributed by atoms with Gasteiger partial charge in [-0.2, -0.15) is 0 Å². The summed E-state index contributed by atoms with van der Waals surface area (Å²) in [5.74, 6) is -0.140. The Labute approximate surface area is 178 Å². The molecule has 0 aliphatic carbocycles. The highest BCUT2D eigenvalue weighted by Crippen LogP contribution is 2.33. The highest BCUT2D eigenvalue weighted by atomic mass is 35.5. The third kappa shape index (κ3) is 3.71. The normalized spacial score (nSPS) is 11.1. The molecule has 0 saturated carbocycles. The summed E-state index contributed by atoms with van der Waals surface area (Å²) in [5.41, 5.74) is 3.95. The van der Waals surface area contributed by atoms with Crippen LogP contribution in [-0.2, 0) is 6.61 Å². The van der Waals surface area contributed by atoms with Crippen LogP contribution in [0.4, 0.5) is 4.39 Å². The Bertz CT molecular complexity index is 1290. The van der Waals surface area contributed by atoms with E-state index < -0.39 is 5.82 Å². The molecule has 0 bridgehead atoms. The second-order valence-corrected chi connectivity index (χ2v) is 7.81. The van der Waals surface area contributed by atoms with Crippen molar-refractivity contribution in [3.05, 3.63) is 97.9 Å². The number of hydrogen-bond donors (Lipinski definition) is 0. The topological polar surface area (TPSA) is 39.4 Å². The number of halogens is 2. The van der Waals surface area contributed by atoms with Crippen LogP contribution in [0.3, 0.4) is 0 Å². The predicted molar refractivity (Wildman–Crippen MR) is 118 cm³/mol. The fourth-order valence-electron chi connectivity index (χ4n) is 3.51. The van der Waals surface area contributed by atoms with Gasteiger partial charge in [0.2, 0.25) is 11.2 Å². The van der Waals surface area contributed by atoms with Gasteiger partial charge in [-0.15, -0.1) is 0 Å². The lowest BCUT2D eigenvalue weighted by molar-refractivity contribution is 0.292. The van der Waals surface area contributed by atoms with Crippen molar-refractivity contribution in [3.8, 4) is 17.1 Å². The molecule has 4 rings (SSSR count). The number of rotatable bonds is 4. The van der Waals surface area contributed by atoms with Gasteiger partial charge in [-0.1, -0.05) is 53.6 Å². The van der Waals surface area contributed by atoms with Crippen LogP contribution in [0.15, 0.2) is 63.8 Å². The molecule has 0 saturated heterocycles. The van der Waals surface area contributed by atoms with E-state index in [0.29, 0.717) is 22.3 Å². The maximum Gasteiger partial charge on any atom is 0.235 e. The van der Waals surface area contributed by atoms with E-state index in [0.717, 1.165) is 16.7 Å². The summed E-state index contributed by atoms with van der Waals surface area (Å²) in [4.78, 5) is 13.4. The lowest BCUT2D eigenvalue weighted by Crippen LogP contribution is -2.12. The van der Waals surface area contributed by atoms with E-state index in [9.17, 15) is 9.18 Å². The molecule has 4 aromatic rings. The van der Waals surface area contributed by atoms with Crippen LogP contribution in [0.1, 0.15) is 22.3 Å². The molecule has 30 heavy (non-hydrogen) atoms. The van der Waals surface area contributed by atoms with Crippen molar-refractivity contribution in [2.45, 2.75) is 27.4 Å². The molecule has 3 nitrogen and oxygen atoms in total. The van der Waals surface area contributed by atoms with Crippen molar-refractivity contribution < 1.29 is 13.5 Å². The second-order valence-electron chi connectivity index (χ2n) is 7.40. The van der Waals surface area contributed by atoms with Gasteiger partial charge in [0, 0.05) is 11.1 Å². The van der Waals surface area contributed by atoms with Crippen molar-refractivity contribution in [3.63, 3.8) is 0 Å². The molecule has 152 valence electrons. The summed E-state index contributed by atoms with van der Waals surface area (Å²) in [6, 6.07) is 15.8. The number of fused-ring (bicyclic) bond motifs is 1. The summed E-state index contributed by atoms with van der Waals surface area (Å²) in [5, 5.41) is 0.690. The van der Waals surface area contributed by atoms with Gasteiger partial charge in [0.15, 0.2) is 5.76 Å². The van der Waals surface area contributed by atoms with Gasteiger partial charge in [0.05, 0.1) is 10.4 Å². The van der Waals surface area contributed by atoms with Gasteiger partial charge in [-0.25, -0.2) is 4.39 Å². The van der Waals surface area contributed by atoms with Gasteiger partial charge in [0.25, 0.3) is 0 Å². The molecule has 0 fully saturated rings. The van der Waals surface area contributed by atoms with Crippen LogP contribution >= 0.6 is 11.6 Å². The SMILES string of the molecule is Cc1ccc(-c2oc3cc(C)cc(C)c3c(=O)c2OCc2c(F)cccc2Cl)cc1. The molecule has 0 atom stereocenters. The van der Waals surface area contributed by atoms with Crippen molar-refractivity contribution in [2.75, 3.05) is 0 Å². The van der Waals surface area contributed by atoms with Crippen LogP contribution in [0.5, 0.6) is 5.75 Å².